The van der Waals surface area contributed by atoms with Crippen LogP contribution in [-0.4, -0.2) is 0 Å². The highest BCUT2D eigenvalue weighted by Gasteiger charge is 2.29. The van der Waals surface area contributed by atoms with Gasteiger partial charge in [-0.15, -0.1) is 11.3 Å². The molecule has 0 bridgehead atoms. The van der Waals surface area contributed by atoms with Crippen molar-refractivity contribution < 1.29 is 4.74 Å². The summed E-state index contributed by atoms with van der Waals surface area (Å²) in [6, 6.07) is 15.6. The number of thiophene rings is 1. The van der Waals surface area contributed by atoms with Crippen LogP contribution in [0.15, 0.2) is 47.9 Å². The van der Waals surface area contributed by atoms with Crippen molar-refractivity contribution in [2.45, 2.75) is 5.92 Å². The van der Waals surface area contributed by atoms with E-state index in [1.54, 1.807) is 11.3 Å². The van der Waals surface area contributed by atoms with Gasteiger partial charge in [-0.25, -0.2) is 0 Å². The van der Waals surface area contributed by atoms with E-state index in [4.69, 9.17) is 4.74 Å². The van der Waals surface area contributed by atoms with Gasteiger partial charge in [-0.2, -0.15) is 10.5 Å². The summed E-state index contributed by atoms with van der Waals surface area (Å²) in [5.74, 6) is 0.472. The molecule has 3 nitrogen and oxygen atoms in total. The normalized spacial score (nSPS) is 16.6. The molecule has 0 amide bonds. The minimum atomic E-state index is -0.713. The van der Waals surface area contributed by atoms with Crippen molar-refractivity contribution in [3.63, 3.8) is 0 Å². The number of nitrogens with zero attached hydrogens (tertiary/aromatic N) is 2. The van der Waals surface area contributed by atoms with E-state index < -0.39 is 5.92 Å². The number of allylic oxidation sites excluding steroid dienone is 1. The average molecular weight is 278 g/mol. The number of para-hydroxylation sites is 1. The van der Waals surface area contributed by atoms with Crippen molar-refractivity contribution >= 4 is 17.1 Å². The minimum Gasteiger partial charge on any atom is -0.456 e. The predicted molar refractivity (Wildman–Crippen MR) is 76.8 cm³/mol. The maximum Gasteiger partial charge on any atom is 0.143 e. The number of ether oxygens (including phenoxy) is 1. The lowest BCUT2D eigenvalue weighted by Crippen LogP contribution is -2.14. The van der Waals surface area contributed by atoms with Gasteiger partial charge < -0.3 is 4.74 Å². The Bertz CT molecular complexity index is 721. The summed E-state index contributed by atoms with van der Waals surface area (Å²) in [4.78, 5) is 0.999. The fraction of sp³-hybridized carbons (Fsp3) is 0.125. The lowest BCUT2D eigenvalue weighted by molar-refractivity contribution is 0.480. The maximum absolute atomic E-state index is 9.18. The van der Waals surface area contributed by atoms with Crippen LogP contribution in [0.3, 0.4) is 0 Å². The molecule has 0 radical (unpaired) electrons. The van der Waals surface area contributed by atoms with E-state index in [1.807, 2.05) is 47.9 Å². The highest BCUT2D eigenvalue weighted by Crippen LogP contribution is 2.41. The molecular weight excluding hydrogens is 268 g/mol. The number of hydrogen-bond acceptors (Lipinski definition) is 4. The topological polar surface area (TPSA) is 56.8 Å². The van der Waals surface area contributed by atoms with Crippen molar-refractivity contribution in [2.24, 2.45) is 5.92 Å². The lowest BCUT2D eigenvalue weighted by Gasteiger charge is -2.24. The molecule has 1 aromatic heterocycles. The number of hydrogen-bond donors (Lipinski definition) is 0. The quantitative estimate of drug-likeness (QED) is 0.836. The molecule has 4 heteroatoms. The zero-order chi connectivity index (χ0) is 13.9. The van der Waals surface area contributed by atoms with E-state index in [9.17, 15) is 10.5 Å². The summed E-state index contributed by atoms with van der Waals surface area (Å²) >= 11 is 1.57. The van der Waals surface area contributed by atoms with Crippen molar-refractivity contribution in [3.8, 4) is 17.9 Å². The van der Waals surface area contributed by atoms with Crippen LogP contribution in [0.1, 0.15) is 16.4 Å². The second-order valence-electron chi connectivity index (χ2n) is 4.41. The van der Waals surface area contributed by atoms with E-state index in [-0.39, 0.29) is 5.92 Å². The highest BCUT2D eigenvalue weighted by molar-refractivity contribution is 7.11. The molecular formula is C16H10N2OS. The third kappa shape index (κ3) is 2.07. The van der Waals surface area contributed by atoms with Crippen LogP contribution in [0, 0.1) is 28.6 Å². The third-order valence-electron chi connectivity index (χ3n) is 3.23. The first-order valence-corrected chi connectivity index (χ1v) is 7.03. The Hall–Kier alpha value is -2.56. The zero-order valence-corrected chi connectivity index (χ0v) is 11.3. The van der Waals surface area contributed by atoms with Gasteiger partial charge in [0.15, 0.2) is 0 Å². The van der Waals surface area contributed by atoms with Gasteiger partial charge in [0.05, 0.1) is 17.0 Å². The molecule has 1 aliphatic rings. The van der Waals surface area contributed by atoms with Crippen LogP contribution in [-0.2, 0) is 0 Å². The van der Waals surface area contributed by atoms with Gasteiger partial charge in [-0.1, -0.05) is 24.3 Å². The highest BCUT2D eigenvalue weighted by atomic mass is 32.1. The van der Waals surface area contributed by atoms with E-state index >= 15 is 0 Å². The Labute approximate surface area is 121 Å². The Morgan fingerprint density at radius 1 is 1.10 bits per heavy atom. The minimum absolute atomic E-state index is 0.257. The first-order chi connectivity index (χ1) is 9.83. The van der Waals surface area contributed by atoms with Gasteiger partial charge in [0.25, 0.3) is 0 Å². The summed E-state index contributed by atoms with van der Waals surface area (Å²) in [6.45, 7) is 0. The summed E-state index contributed by atoms with van der Waals surface area (Å²) in [7, 11) is 0. The number of rotatable bonds is 2. The Morgan fingerprint density at radius 2 is 1.90 bits per heavy atom. The molecule has 3 rings (SSSR count). The van der Waals surface area contributed by atoms with Crippen LogP contribution in [0.25, 0.3) is 5.76 Å². The average Bonchev–Trinajstić information content (AvgIpc) is 3.02. The largest absolute Gasteiger partial charge is 0.456 e. The molecule has 0 N–H and O–H groups in total. The summed E-state index contributed by atoms with van der Waals surface area (Å²) < 4.78 is 5.90. The Kier molecular flexibility index (Phi) is 3.25. The molecule has 0 fully saturated rings. The fourth-order valence-electron chi connectivity index (χ4n) is 2.27. The number of fused-ring (bicyclic) bond motifs is 1. The summed E-state index contributed by atoms with van der Waals surface area (Å²) in [5, 5.41) is 20.3. The molecule has 1 atom stereocenters. The molecule has 0 saturated carbocycles. The molecule has 2 aromatic rings. The lowest BCUT2D eigenvalue weighted by atomic mass is 9.85. The first-order valence-electron chi connectivity index (χ1n) is 6.15. The second-order valence-corrected chi connectivity index (χ2v) is 5.36. The predicted octanol–water partition coefficient (Wildman–Crippen LogP) is 3.93. The van der Waals surface area contributed by atoms with Crippen LogP contribution < -0.4 is 4.74 Å². The van der Waals surface area contributed by atoms with Crippen molar-refractivity contribution in [3.05, 3.63) is 58.3 Å². The van der Waals surface area contributed by atoms with E-state index in [1.165, 1.54) is 0 Å². The zero-order valence-electron chi connectivity index (χ0n) is 10.5. The molecule has 0 spiro atoms. The Morgan fingerprint density at radius 3 is 2.60 bits per heavy atom. The molecule has 0 saturated heterocycles. The van der Waals surface area contributed by atoms with Gasteiger partial charge >= 0.3 is 0 Å². The molecule has 1 aliphatic heterocycles. The van der Waals surface area contributed by atoms with Gasteiger partial charge in [0, 0.05) is 11.5 Å². The van der Waals surface area contributed by atoms with Crippen molar-refractivity contribution in [1.82, 2.24) is 0 Å². The first kappa shape index (κ1) is 12.5. The Balaban J connectivity index is 2.10. The molecule has 96 valence electrons. The van der Waals surface area contributed by atoms with E-state index in [2.05, 4.69) is 12.1 Å². The van der Waals surface area contributed by atoms with Gasteiger partial charge in [0.2, 0.25) is 0 Å². The SMILES string of the molecule is N#CC(C#N)C1C=C(c2cccs2)Oc2ccccc21. The summed E-state index contributed by atoms with van der Waals surface area (Å²) in [6.07, 6.45) is 1.88. The van der Waals surface area contributed by atoms with Crippen molar-refractivity contribution in [1.29, 1.82) is 10.5 Å². The smallest absolute Gasteiger partial charge is 0.143 e. The third-order valence-corrected chi connectivity index (χ3v) is 4.11. The van der Waals surface area contributed by atoms with Crippen LogP contribution in [0.2, 0.25) is 0 Å². The summed E-state index contributed by atoms with van der Waals surface area (Å²) in [5.41, 5.74) is 0.890. The van der Waals surface area contributed by atoms with Crippen LogP contribution >= 0.6 is 11.3 Å². The molecule has 2 heterocycles. The van der Waals surface area contributed by atoms with E-state index in [0.29, 0.717) is 0 Å². The van der Waals surface area contributed by atoms with Crippen LogP contribution in [0.5, 0.6) is 5.75 Å². The second kappa shape index (κ2) is 5.21. The van der Waals surface area contributed by atoms with Gasteiger partial charge in [0.1, 0.15) is 17.4 Å². The molecule has 20 heavy (non-hydrogen) atoms. The number of benzene rings is 1. The fourth-order valence-corrected chi connectivity index (χ4v) is 2.96. The van der Waals surface area contributed by atoms with Gasteiger partial charge in [-0.3, -0.25) is 0 Å². The maximum atomic E-state index is 9.18. The number of nitriles is 2. The molecule has 0 aliphatic carbocycles. The monoisotopic (exact) mass is 278 g/mol. The van der Waals surface area contributed by atoms with Gasteiger partial charge in [-0.05, 0) is 23.6 Å². The standard InChI is InChI=1S/C16H10N2OS/c17-9-11(10-18)13-8-15(16-6-3-7-20-16)19-14-5-2-1-4-12(13)14/h1-8,11,13H. The molecule has 1 unspecified atom stereocenters. The van der Waals surface area contributed by atoms with E-state index in [0.717, 1.165) is 21.9 Å². The van der Waals surface area contributed by atoms with Crippen LogP contribution in [0.4, 0.5) is 0 Å². The molecule has 1 aromatic carbocycles. The van der Waals surface area contributed by atoms with Crippen molar-refractivity contribution in [2.75, 3.05) is 0 Å².